The van der Waals surface area contributed by atoms with Crippen LogP contribution in [-0.2, 0) is 13.2 Å². The normalized spacial score (nSPS) is 11.5. The van der Waals surface area contributed by atoms with Crippen LogP contribution in [0.2, 0.25) is 10.0 Å². The minimum Gasteiger partial charge on any atom is -0.486 e. The predicted molar refractivity (Wildman–Crippen MR) is 133 cm³/mol. The van der Waals surface area contributed by atoms with Crippen LogP contribution in [0.1, 0.15) is 11.6 Å². The molecule has 0 saturated heterocycles. The molecule has 0 aliphatic heterocycles. The summed E-state index contributed by atoms with van der Waals surface area (Å²) in [5.74, 6) is 2.56. The Morgan fingerprint density at radius 1 is 0.657 bits per heavy atom. The van der Waals surface area contributed by atoms with E-state index in [4.69, 9.17) is 32.7 Å². The van der Waals surface area contributed by atoms with Gasteiger partial charge in [0, 0.05) is 10.0 Å². The molecule has 0 atom stereocenters. The van der Waals surface area contributed by atoms with Crippen molar-refractivity contribution in [3.05, 3.63) is 70.2 Å². The molecule has 0 radical (unpaired) electrons. The van der Waals surface area contributed by atoms with Crippen LogP contribution in [0.15, 0.2) is 57.2 Å². The van der Waals surface area contributed by atoms with Crippen molar-refractivity contribution in [3.63, 3.8) is 0 Å². The van der Waals surface area contributed by atoms with E-state index in [2.05, 4.69) is 30.6 Å². The van der Waals surface area contributed by atoms with Gasteiger partial charge < -0.3 is 9.47 Å². The maximum absolute atomic E-state index is 5.92. The van der Waals surface area contributed by atoms with Gasteiger partial charge in [-0.25, -0.2) is 0 Å². The maximum atomic E-state index is 5.92. The monoisotopic (exact) mass is 562 g/mol. The van der Waals surface area contributed by atoms with Gasteiger partial charge >= 0.3 is 0 Å². The van der Waals surface area contributed by atoms with E-state index in [1.165, 1.54) is 34.4 Å². The molecule has 10 nitrogen and oxygen atoms in total. The van der Waals surface area contributed by atoms with Crippen molar-refractivity contribution in [1.29, 1.82) is 0 Å². The molecule has 4 aromatic heterocycles. The van der Waals surface area contributed by atoms with Crippen molar-refractivity contribution in [1.82, 2.24) is 39.6 Å². The molecule has 6 rings (SSSR count). The largest absolute Gasteiger partial charge is 0.486 e. The molecule has 0 bridgehead atoms. The Kier molecular flexibility index (Phi) is 6.16. The van der Waals surface area contributed by atoms with E-state index in [0.29, 0.717) is 43.1 Å². The summed E-state index contributed by atoms with van der Waals surface area (Å²) in [7, 11) is 0. The van der Waals surface area contributed by atoms with Gasteiger partial charge in [0.15, 0.2) is 20.3 Å². The second kappa shape index (κ2) is 9.59. The molecule has 2 aromatic carbocycles. The molecule has 0 amide bonds. The number of rotatable bonds is 8. The Labute approximate surface area is 219 Å². The fraction of sp³-hybridized carbons (Fsp3) is 0.100. The average molecular weight is 563 g/mol. The number of ether oxygens (including phenoxy) is 2. The zero-order chi connectivity index (χ0) is 23.8. The highest BCUT2D eigenvalue weighted by atomic mass is 35.5. The fourth-order valence-corrected chi connectivity index (χ4v) is 6.22. The van der Waals surface area contributed by atoms with Crippen molar-refractivity contribution in [2.45, 2.75) is 21.9 Å². The van der Waals surface area contributed by atoms with E-state index in [-0.39, 0.29) is 13.2 Å². The van der Waals surface area contributed by atoms with Gasteiger partial charge in [-0.15, -0.1) is 30.6 Å². The van der Waals surface area contributed by atoms with Crippen LogP contribution < -0.4 is 9.47 Å². The van der Waals surface area contributed by atoms with Crippen molar-refractivity contribution in [2.24, 2.45) is 0 Å². The molecular formula is C20H12Cl2N8O2S3. The minimum atomic E-state index is 0.227. The third kappa shape index (κ3) is 4.90. The molecule has 0 fully saturated rings. The predicted octanol–water partition coefficient (Wildman–Crippen LogP) is 5.30. The number of hydrogen-bond acceptors (Lipinski definition) is 11. The third-order valence-electron chi connectivity index (χ3n) is 4.61. The van der Waals surface area contributed by atoms with Crippen LogP contribution in [-0.4, -0.2) is 39.6 Å². The van der Waals surface area contributed by atoms with Crippen LogP contribution in [0.4, 0.5) is 0 Å². The quantitative estimate of drug-likeness (QED) is 0.244. The standard InChI is InChI=1S/C20H12Cl2N8O2S3/c21-11-1-5-13(6-2-11)31-9-15-23-25-17-29(15)27-19(33-17)35-20-28-30-16(24-26-18(30)34-20)10-32-14-7-3-12(22)4-8-14/h1-8H,9-10H2. The lowest BCUT2D eigenvalue weighted by atomic mass is 10.3. The molecule has 0 spiro atoms. The van der Waals surface area contributed by atoms with Crippen molar-refractivity contribution in [3.8, 4) is 11.5 Å². The summed E-state index contributed by atoms with van der Waals surface area (Å²) < 4.78 is 16.4. The average Bonchev–Trinajstić information content (AvgIpc) is 3.61. The molecule has 35 heavy (non-hydrogen) atoms. The first-order valence-corrected chi connectivity index (χ1v) is 13.2. The lowest BCUT2D eigenvalue weighted by Crippen LogP contribution is -2.02. The lowest BCUT2D eigenvalue weighted by molar-refractivity contribution is 0.292. The fourth-order valence-electron chi connectivity index (χ4n) is 2.97. The number of aromatic nitrogens is 8. The van der Waals surface area contributed by atoms with Crippen LogP contribution in [0.3, 0.4) is 0 Å². The van der Waals surface area contributed by atoms with E-state index < -0.39 is 0 Å². The van der Waals surface area contributed by atoms with E-state index in [1.54, 1.807) is 57.6 Å². The molecule has 176 valence electrons. The molecule has 0 saturated carbocycles. The van der Waals surface area contributed by atoms with Crippen molar-refractivity contribution < 1.29 is 9.47 Å². The van der Waals surface area contributed by atoms with Crippen LogP contribution in [0, 0.1) is 0 Å². The first-order chi connectivity index (χ1) is 17.1. The topological polar surface area (TPSA) is 105 Å². The molecule has 0 aliphatic carbocycles. The number of benzene rings is 2. The Morgan fingerprint density at radius 2 is 1.09 bits per heavy atom. The molecule has 4 heterocycles. The molecule has 0 unspecified atom stereocenters. The molecule has 0 N–H and O–H groups in total. The smallest absolute Gasteiger partial charge is 0.235 e. The minimum absolute atomic E-state index is 0.227. The number of nitrogens with zero attached hydrogens (tertiary/aromatic N) is 8. The van der Waals surface area contributed by atoms with Gasteiger partial charge in [-0.05, 0) is 60.3 Å². The first-order valence-electron chi connectivity index (χ1n) is 9.97. The van der Waals surface area contributed by atoms with Gasteiger partial charge in [0.25, 0.3) is 0 Å². The van der Waals surface area contributed by atoms with Gasteiger partial charge in [-0.3, -0.25) is 0 Å². The summed E-state index contributed by atoms with van der Waals surface area (Å²) in [5.41, 5.74) is 0. The number of hydrogen-bond donors (Lipinski definition) is 0. The highest BCUT2D eigenvalue weighted by Crippen LogP contribution is 2.34. The van der Waals surface area contributed by atoms with E-state index in [9.17, 15) is 0 Å². The lowest BCUT2D eigenvalue weighted by Gasteiger charge is -2.03. The summed E-state index contributed by atoms with van der Waals surface area (Å²) >= 11 is 16.1. The van der Waals surface area contributed by atoms with Gasteiger partial charge in [0.2, 0.25) is 9.92 Å². The Balaban J connectivity index is 1.14. The van der Waals surface area contributed by atoms with Crippen molar-refractivity contribution in [2.75, 3.05) is 0 Å². The Morgan fingerprint density at radius 3 is 1.51 bits per heavy atom. The van der Waals surface area contributed by atoms with Crippen molar-refractivity contribution >= 4 is 67.6 Å². The van der Waals surface area contributed by atoms with Gasteiger partial charge in [-0.1, -0.05) is 45.9 Å². The highest BCUT2D eigenvalue weighted by Gasteiger charge is 2.17. The number of halogens is 2. The molecule has 0 aliphatic rings. The van der Waals surface area contributed by atoms with Gasteiger partial charge in [0.05, 0.1) is 0 Å². The van der Waals surface area contributed by atoms with E-state index in [0.717, 1.165) is 8.68 Å². The molecule has 15 heteroatoms. The zero-order valence-electron chi connectivity index (χ0n) is 17.4. The second-order valence-electron chi connectivity index (χ2n) is 6.94. The summed E-state index contributed by atoms with van der Waals surface area (Å²) in [4.78, 5) is 1.34. The summed E-state index contributed by atoms with van der Waals surface area (Å²) in [6, 6.07) is 14.3. The third-order valence-corrected chi connectivity index (χ3v) is 8.01. The Hall–Kier alpha value is -2.97. The van der Waals surface area contributed by atoms with Crippen LogP contribution >= 0.6 is 57.6 Å². The summed E-state index contributed by atoms with van der Waals surface area (Å²) in [6.45, 7) is 0.453. The SMILES string of the molecule is Clc1ccc(OCc2nnc3sc(Sc4nn5c(COc6ccc(Cl)cc6)nnc5s4)nn23)cc1. The number of fused-ring (bicyclic) bond motifs is 2. The molecule has 6 aromatic rings. The summed E-state index contributed by atoms with van der Waals surface area (Å²) in [5, 5.41) is 27.3. The first kappa shape index (κ1) is 22.5. The van der Waals surface area contributed by atoms with Gasteiger partial charge in [0.1, 0.15) is 24.7 Å². The zero-order valence-corrected chi connectivity index (χ0v) is 21.4. The Bertz CT molecular complexity index is 1490. The molecular weight excluding hydrogens is 551 g/mol. The van der Waals surface area contributed by atoms with Crippen LogP contribution in [0.25, 0.3) is 9.92 Å². The summed E-state index contributed by atoms with van der Waals surface area (Å²) in [6.07, 6.45) is 0. The van der Waals surface area contributed by atoms with Gasteiger partial charge in [-0.2, -0.15) is 9.03 Å². The van der Waals surface area contributed by atoms with E-state index in [1.807, 2.05) is 0 Å². The van der Waals surface area contributed by atoms with E-state index >= 15 is 0 Å². The second-order valence-corrected chi connectivity index (χ2v) is 11.2. The van der Waals surface area contributed by atoms with Crippen LogP contribution in [0.5, 0.6) is 11.5 Å². The highest BCUT2D eigenvalue weighted by molar-refractivity contribution is 8.02. The maximum Gasteiger partial charge on any atom is 0.235 e.